The quantitative estimate of drug-likeness (QED) is 0.887. The van der Waals surface area contributed by atoms with Crippen LogP contribution in [0, 0.1) is 0 Å². The lowest BCUT2D eigenvalue weighted by molar-refractivity contribution is 0.459. The van der Waals surface area contributed by atoms with Gasteiger partial charge < -0.3 is 10.2 Å². The van der Waals surface area contributed by atoms with Crippen LogP contribution < -0.4 is 10.5 Å². The number of nitrogens with two attached hydrogens (primary N) is 1. The Labute approximate surface area is 122 Å². The van der Waals surface area contributed by atoms with Crippen LogP contribution in [0.4, 0.5) is 0 Å². The van der Waals surface area contributed by atoms with Gasteiger partial charge in [0.2, 0.25) is 10.0 Å². The Bertz CT molecular complexity index is 684. The molecule has 20 heavy (non-hydrogen) atoms. The van der Waals surface area contributed by atoms with Crippen LogP contribution in [0.5, 0.6) is 0 Å². The van der Waals surface area contributed by atoms with Gasteiger partial charge in [-0.3, -0.25) is 0 Å². The molecular formula is C13H15ClN2O3S. The zero-order chi connectivity index (χ0) is 14.8. The van der Waals surface area contributed by atoms with Crippen molar-refractivity contribution in [1.82, 2.24) is 4.72 Å². The van der Waals surface area contributed by atoms with Gasteiger partial charge in [-0.1, -0.05) is 17.7 Å². The Morgan fingerprint density at radius 1 is 1.40 bits per heavy atom. The van der Waals surface area contributed by atoms with E-state index in [2.05, 4.69) is 4.72 Å². The summed E-state index contributed by atoms with van der Waals surface area (Å²) in [6.45, 7) is 1.96. The summed E-state index contributed by atoms with van der Waals surface area (Å²) in [5, 5.41) is 0.334. The average molecular weight is 315 g/mol. The van der Waals surface area contributed by atoms with E-state index in [1.165, 1.54) is 18.4 Å². The van der Waals surface area contributed by atoms with Gasteiger partial charge in [0.05, 0.1) is 17.2 Å². The lowest BCUT2D eigenvalue weighted by Crippen LogP contribution is -2.26. The predicted molar refractivity (Wildman–Crippen MR) is 76.8 cm³/mol. The number of hydrogen-bond acceptors (Lipinski definition) is 4. The van der Waals surface area contributed by atoms with Crippen molar-refractivity contribution >= 4 is 21.6 Å². The van der Waals surface area contributed by atoms with E-state index >= 15 is 0 Å². The summed E-state index contributed by atoms with van der Waals surface area (Å²) in [6.07, 6.45) is 1.49. The number of rotatable bonds is 5. The molecule has 108 valence electrons. The molecule has 1 atom stereocenters. The molecule has 0 saturated heterocycles. The van der Waals surface area contributed by atoms with Crippen molar-refractivity contribution in [2.24, 2.45) is 5.73 Å². The second-order valence-electron chi connectivity index (χ2n) is 4.32. The van der Waals surface area contributed by atoms with E-state index in [9.17, 15) is 8.42 Å². The highest BCUT2D eigenvalue weighted by Gasteiger charge is 2.20. The first-order chi connectivity index (χ1) is 9.44. The summed E-state index contributed by atoms with van der Waals surface area (Å²) in [7, 11) is -3.67. The Hall–Kier alpha value is -1.34. The summed E-state index contributed by atoms with van der Waals surface area (Å²) in [4.78, 5) is 0.0955. The van der Waals surface area contributed by atoms with Gasteiger partial charge in [-0.25, -0.2) is 13.1 Å². The van der Waals surface area contributed by atoms with Gasteiger partial charge >= 0.3 is 0 Å². The second kappa shape index (κ2) is 5.97. The van der Waals surface area contributed by atoms with Crippen molar-refractivity contribution < 1.29 is 12.8 Å². The van der Waals surface area contributed by atoms with Gasteiger partial charge in [0, 0.05) is 11.6 Å². The number of halogens is 1. The van der Waals surface area contributed by atoms with Crippen molar-refractivity contribution in [1.29, 1.82) is 0 Å². The first-order valence-electron chi connectivity index (χ1n) is 5.98. The van der Waals surface area contributed by atoms with Crippen LogP contribution in [-0.4, -0.2) is 8.42 Å². The molecule has 0 aliphatic heterocycles. The normalized spacial score (nSPS) is 13.3. The Morgan fingerprint density at radius 3 is 2.70 bits per heavy atom. The smallest absolute Gasteiger partial charge is 0.241 e. The van der Waals surface area contributed by atoms with Crippen LogP contribution in [0.15, 0.2) is 45.9 Å². The summed E-state index contributed by atoms with van der Waals surface area (Å²) < 4.78 is 32.2. The van der Waals surface area contributed by atoms with Crippen LogP contribution in [0.3, 0.4) is 0 Å². The van der Waals surface area contributed by atoms with Gasteiger partial charge in [-0.2, -0.15) is 0 Å². The fourth-order valence-electron chi connectivity index (χ4n) is 1.76. The molecule has 0 fully saturated rings. The van der Waals surface area contributed by atoms with Crippen LogP contribution in [0.2, 0.25) is 5.02 Å². The van der Waals surface area contributed by atoms with E-state index in [0.29, 0.717) is 16.3 Å². The molecule has 2 rings (SSSR count). The molecule has 2 aromatic rings. The molecule has 1 unspecified atom stereocenters. The summed E-state index contributed by atoms with van der Waals surface area (Å²) in [5.41, 5.74) is 6.19. The minimum absolute atomic E-state index is 0.0955. The van der Waals surface area contributed by atoms with Crippen molar-refractivity contribution in [3.63, 3.8) is 0 Å². The van der Waals surface area contributed by atoms with Gasteiger partial charge in [-0.15, -0.1) is 0 Å². The number of benzene rings is 1. The third kappa shape index (κ3) is 3.21. The van der Waals surface area contributed by atoms with E-state index in [0.717, 1.165) is 0 Å². The topological polar surface area (TPSA) is 85.3 Å². The monoisotopic (exact) mass is 314 g/mol. The van der Waals surface area contributed by atoms with Crippen molar-refractivity contribution in [3.8, 4) is 0 Å². The summed E-state index contributed by atoms with van der Waals surface area (Å²) in [6, 6.07) is 7.41. The number of hydrogen-bond donors (Lipinski definition) is 2. The molecule has 0 saturated carbocycles. The largest absolute Gasteiger partial charge is 0.468 e. The fourth-order valence-corrected chi connectivity index (χ4v) is 3.32. The Morgan fingerprint density at radius 2 is 2.15 bits per heavy atom. The molecule has 0 amide bonds. The Kier molecular flexibility index (Phi) is 4.49. The zero-order valence-corrected chi connectivity index (χ0v) is 12.4. The van der Waals surface area contributed by atoms with Crippen LogP contribution in [0.1, 0.15) is 24.3 Å². The molecule has 0 aliphatic rings. The van der Waals surface area contributed by atoms with Crippen molar-refractivity contribution in [2.75, 3.05) is 0 Å². The minimum atomic E-state index is -3.67. The van der Waals surface area contributed by atoms with E-state index in [-0.39, 0.29) is 11.4 Å². The molecule has 7 heteroatoms. The minimum Gasteiger partial charge on any atom is -0.468 e. The highest BCUT2D eigenvalue weighted by atomic mass is 35.5. The van der Waals surface area contributed by atoms with Gasteiger partial charge in [-0.05, 0) is 36.8 Å². The lowest BCUT2D eigenvalue weighted by atomic mass is 10.2. The molecular weight excluding hydrogens is 300 g/mol. The maximum Gasteiger partial charge on any atom is 0.241 e. The summed E-state index contributed by atoms with van der Waals surface area (Å²) >= 11 is 5.98. The first-order valence-corrected chi connectivity index (χ1v) is 7.84. The van der Waals surface area contributed by atoms with Gasteiger partial charge in [0.1, 0.15) is 5.76 Å². The van der Waals surface area contributed by atoms with Gasteiger partial charge in [0.25, 0.3) is 0 Å². The third-order valence-corrected chi connectivity index (χ3v) is 4.75. The summed E-state index contributed by atoms with van der Waals surface area (Å²) in [5.74, 6) is 0.540. The SMILES string of the molecule is CC(NS(=O)(=O)c1ccc(CN)c(Cl)c1)c1ccco1. The van der Waals surface area contributed by atoms with Crippen molar-refractivity contribution in [2.45, 2.75) is 24.4 Å². The molecule has 0 radical (unpaired) electrons. The lowest BCUT2D eigenvalue weighted by Gasteiger charge is -2.13. The fraction of sp³-hybridized carbons (Fsp3) is 0.231. The molecule has 0 spiro atoms. The van der Waals surface area contributed by atoms with E-state index in [1.807, 2.05) is 0 Å². The molecule has 1 heterocycles. The predicted octanol–water partition coefficient (Wildman–Crippen LogP) is 2.43. The molecule has 0 bridgehead atoms. The maximum absolute atomic E-state index is 12.2. The first kappa shape index (κ1) is 15.1. The van der Waals surface area contributed by atoms with Crippen LogP contribution in [0.25, 0.3) is 0 Å². The average Bonchev–Trinajstić information content (AvgIpc) is 2.92. The molecule has 5 nitrogen and oxygen atoms in total. The van der Waals surface area contributed by atoms with E-state index in [4.69, 9.17) is 21.8 Å². The second-order valence-corrected chi connectivity index (χ2v) is 6.44. The van der Waals surface area contributed by atoms with E-state index in [1.54, 1.807) is 25.1 Å². The molecule has 1 aromatic carbocycles. The highest BCUT2D eigenvalue weighted by Crippen LogP contribution is 2.22. The maximum atomic E-state index is 12.2. The molecule has 1 aromatic heterocycles. The third-order valence-electron chi connectivity index (χ3n) is 2.86. The number of sulfonamides is 1. The van der Waals surface area contributed by atoms with Crippen molar-refractivity contribution in [3.05, 3.63) is 52.9 Å². The van der Waals surface area contributed by atoms with Crippen LogP contribution in [-0.2, 0) is 16.6 Å². The highest BCUT2D eigenvalue weighted by molar-refractivity contribution is 7.89. The molecule has 3 N–H and O–H groups in total. The zero-order valence-electron chi connectivity index (χ0n) is 10.8. The number of furan rings is 1. The van der Waals surface area contributed by atoms with Crippen LogP contribution >= 0.6 is 11.6 Å². The molecule has 0 aliphatic carbocycles. The van der Waals surface area contributed by atoms with Gasteiger partial charge in [0.15, 0.2) is 0 Å². The standard InChI is InChI=1S/C13H15ClN2O3S/c1-9(13-3-2-6-19-13)16-20(17,18)11-5-4-10(8-15)12(14)7-11/h2-7,9,16H,8,15H2,1H3. The van der Waals surface area contributed by atoms with E-state index < -0.39 is 16.1 Å². The Balaban J connectivity index is 2.24. The number of nitrogens with one attached hydrogen (secondary N) is 1.